The molecule has 2 heterocycles. The molecule has 4 aromatic carbocycles. The molecule has 0 aliphatic rings. The molecule has 0 bridgehead atoms. The van der Waals surface area contributed by atoms with Gasteiger partial charge in [-0.15, -0.1) is 0 Å². The van der Waals surface area contributed by atoms with E-state index in [1.807, 2.05) is 73.7 Å². The third kappa shape index (κ3) is 5.59. The van der Waals surface area contributed by atoms with Crippen molar-refractivity contribution in [3.8, 4) is 0 Å². The first kappa shape index (κ1) is 28.1. The standard InChI is InChI=1S/C34H34N6O3/c1-22-16-17-27(31-32(22)38-26-13-6-4-11-24(26)34(31)41)35-18-8-20-39(2)21-9-19-36-33-23-10-3-5-12-25(23)37-28-14-7-15-29(30(28)33)40(42)43/h3-7,10-17,35H,8-9,18-21H2,1-2H3,(H,36,37)(H,38,41). The number of para-hydroxylation sites is 2. The number of nitro benzene ring substituents is 1. The van der Waals surface area contributed by atoms with Gasteiger partial charge in [-0.25, -0.2) is 4.98 Å². The van der Waals surface area contributed by atoms with Gasteiger partial charge >= 0.3 is 0 Å². The number of hydrogen-bond acceptors (Lipinski definition) is 7. The summed E-state index contributed by atoms with van der Waals surface area (Å²) in [6, 6.07) is 24.4. The zero-order valence-electron chi connectivity index (χ0n) is 24.3. The quantitative estimate of drug-likeness (QED) is 0.0672. The predicted molar refractivity (Wildman–Crippen MR) is 176 cm³/mol. The van der Waals surface area contributed by atoms with Crippen LogP contribution in [0.25, 0.3) is 43.6 Å². The first-order chi connectivity index (χ1) is 20.9. The lowest BCUT2D eigenvalue weighted by Crippen LogP contribution is -2.24. The van der Waals surface area contributed by atoms with Crippen LogP contribution in [0.2, 0.25) is 0 Å². The molecule has 0 amide bonds. The molecule has 6 aromatic rings. The van der Waals surface area contributed by atoms with E-state index in [-0.39, 0.29) is 16.0 Å². The minimum Gasteiger partial charge on any atom is -0.384 e. The first-order valence-corrected chi connectivity index (χ1v) is 14.6. The summed E-state index contributed by atoms with van der Waals surface area (Å²) in [7, 11) is 2.10. The smallest absolute Gasteiger partial charge is 0.280 e. The summed E-state index contributed by atoms with van der Waals surface area (Å²) in [5.74, 6) is 0. The van der Waals surface area contributed by atoms with Gasteiger partial charge in [-0.1, -0.05) is 42.5 Å². The van der Waals surface area contributed by atoms with Crippen LogP contribution in [-0.2, 0) is 0 Å². The number of H-pyrrole nitrogens is 1. The van der Waals surface area contributed by atoms with Crippen molar-refractivity contribution in [2.45, 2.75) is 19.8 Å². The molecule has 218 valence electrons. The normalized spacial score (nSPS) is 11.6. The lowest BCUT2D eigenvalue weighted by Gasteiger charge is -2.18. The number of nitrogens with one attached hydrogen (secondary N) is 3. The molecule has 0 aliphatic carbocycles. The van der Waals surface area contributed by atoms with Crippen LogP contribution in [-0.4, -0.2) is 53.0 Å². The lowest BCUT2D eigenvalue weighted by atomic mass is 10.0. The Balaban J connectivity index is 1.07. The van der Waals surface area contributed by atoms with Crippen LogP contribution < -0.4 is 16.1 Å². The van der Waals surface area contributed by atoms with Crippen LogP contribution in [0, 0.1) is 17.0 Å². The molecule has 0 fully saturated rings. The van der Waals surface area contributed by atoms with Crippen molar-refractivity contribution in [2.24, 2.45) is 0 Å². The van der Waals surface area contributed by atoms with Crippen LogP contribution in [0.1, 0.15) is 18.4 Å². The zero-order chi connectivity index (χ0) is 29.9. The fraction of sp³-hybridized carbons (Fsp3) is 0.235. The van der Waals surface area contributed by atoms with Gasteiger partial charge in [0.15, 0.2) is 5.43 Å². The van der Waals surface area contributed by atoms with E-state index in [4.69, 9.17) is 0 Å². The Morgan fingerprint density at radius 2 is 1.53 bits per heavy atom. The molecule has 0 atom stereocenters. The highest BCUT2D eigenvalue weighted by Crippen LogP contribution is 2.36. The van der Waals surface area contributed by atoms with Crippen molar-refractivity contribution in [2.75, 3.05) is 43.9 Å². The number of fused-ring (bicyclic) bond motifs is 4. The fourth-order valence-corrected chi connectivity index (χ4v) is 5.82. The second-order valence-corrected chi connectivity index (χ2v) is 11.0. The zero-order valence-corrected chi connectivity index (χ0v) is 24.3. The number of nitro groups is 1. The van der Waals surface area contributed by atoms with Crippen LogP contribution in [0.3, 0.4) is 0 Å². The monoisotopic (exact) mass is 574 g/mol. The third-order valence-electron chi connectivity index (χ3n) is 8.00. The summed E-state index contributed by atoms with van der Waals surface area (Å²) in [4.78, 5) is 35.2. The second-order valence-electron chi connectivity index (χ2n) is 11.0. The van der Waals surface area contributed by atoms with Gasteiger partial charge in [0.25, 0.3) is 5.69 Å². The Hall–Kier alpha value is -5.02. The van der Waals surface area contributed by atoms with E-state index in [1.165, 1.54) is 6.07 Å². The largest absolute Gasteiger partial charge is 0.384 e. The van der Waals surface area contributed by atoms with Crippen molar-refractivity contribution >= 4 is 60.7 Å². The molecular formula is C34H34N6O3. The number of hydrogen-bond donors (Lipinski definition) is 3. The predicted octanol–water partition coefficient (Wildman–Crippen LogP) is 6.84. The maximum absolute atomic E-state index is 13.3. The molecule has 3 N–H and O–H groups in total. The summed E-state index contributed by atoms with van der Waals surface area (Å²) in [5, 5.41) is 21.6. The van der Waals surface area contributed by atoms with Crippen molar-refractivity contribution in [3.05, 3.63) is 105 Å². The molecule has 0 radical (unpaired) electrons. The topological polar surface area (TPSA) is 116 Å². The molecule has 0 unspecified atom stereocenters. The van der Waals surface area contributed by atoms with E-state index in [2.05, 4.69) is 32.5 Å². The van der Waals surface area contributed by atoms with Crippen molar-refractivity contribution in [3.63, 3.8) is 0 Å². The molecule has 9 heteroatoms. The van der Waals surface area contributed by atoms with Gasteiger partial charge in [0.2, 0.25) is 0 Å². The Bertz CT molecular complexity index is 2040. The van der Waals surface area contributed by atoms with Gasteiger partial charge in [-0.3, -0.25) is 14.9 Å². The minimum absolute atomic E-state index is 0.0419. The highest BCUT2D eigenvalue weighted by Gasteiger charge is 2.19. The molecule has 9 nitrogen and oxygen atoms in total. The van der Waals surface area contributed by atoms with Crippen LogP contribution in [0.4, 0.5) is 17.1 Å². The summed E-state index contributed by atoms with van der Waals surface area (Å²) < 4.78 is 0. The Kier molecular flexibility index (Phi) is 7.89. The summed E-state index contributed by atoms with van der Waals surface area (Å²) in [6.45, 7) is 5.19. The van der Waals surface area contributed by atoms with Gasteiger partial charge in [0.05, 0.1) is 32.5 Å². The number of anilines is 2. The van der Waals surface area contributed by atoms with E-state index in [0.29, 0.717) is 28.2 Å². The summed E-state index contributed by atoms with van der Waals surface area (Å²) >= 11 is 0. The highest BCUT2D eigenvalue weighted by molar-refractivity contribution is 6.11. The second kappa shape index (κ2) is 12.1. The van der Waals surface area contributed by atoms with Crippen LogP contribution in [0.15, 0.2) is 83.7 Å². The average Bonchev–Trinajstić information content (AvgIpc) is 3.01. The summed E-state index contributed by atoms with van der Waals surface area (Å²) in [5.41, 5.74) is 5.88. The van der Waals surface area contributed by atoms with Crippen molar-refractivity contribution in [1.29, 1.82) is 0 Å². The third-order valence-corrected chi connectivity index (χ3v) is 8.00. The van der Waals surface area contributed by atoms with Gasteiger partial charge in [-0.05, 0) is 75.8 Å². The number of benzene rings is 4. The van der Waals surface area contributed by atoms with Gasteiger partial charge < -0.3 is 20.5 Å². The maximum atomic E-state index is 13.3. The van der Waals surface area contributed by atoms with E-state index >= 15 is 0 Å². The van der Waals surface area contributed by atoms with E-state index < -0.39 is 0 Å². The van der Waals surface area contributed by atoms with E-state index in [9.17, 15) is 14.9 Å². The number of non-ortho nitro benzene ring substituents is 1. The first-order valence-electron chi connectivity index (χ1n) is 14.6. The average molecular weight is 575 g/mol. The number of aromatic amines is 1. The minimum atomic E-state index is -0.344. The Labute approximate surface area is 248 Å². The van der Waals surface area contributed by atoms with E-state index in [1.54, 1.807) is 6.07 Å². The van der Waals surface area contributed by atoms with Crippen molar-refractivity contribution in [1.82, 2.24) is 14.9 Å². The number of nitrogens with zero attached hydrogens (tertiary/aromatic N) is 3. The lowest BCUT2D eigenvalue weighted by molar-refractivity contribution is -0.383. The number of aryl methyl sites for hydroxylation is 1. The molecule has 0 saturated carbocycles. The molecule has 2 aromatic heterocycles. The molecule has 43 heavy (non-hydrogen) atoms. The van der Waals surface area contributed by atoms with Gasteiger partial charge in [-0.2, -0.15) is 0 Å². The number of pyridine rings is 2. The van der Waals surface area contributed by atoms with Gasteiger partial charge in [0, 0.05) is 41.1 Å². The molecule has 0 saturated heterocycles. The fourth-order valence-electron chi connectivity index (χ4n) is 5.82. The molecule has 0 aliphatic heterocycles. The Morgan fingerprint density at radius 1 is 0.837 bits per heavy atom. The maximum Gasteiger partial charge on any atom is 0.280 e. The molecular weight excluding hydrogens is 540 g/mol. The van der Waals surface area contributed by atoms with E-state index in [0.717, 1.165) is 71.4 Å². The Morgan fingerprint density at radius 3 is 2.33 bits per heavy atom. The SMILES string of the molecule is Cc1ccc(NCCCN(C)CCCNc2c3ccccc3nc3cccc([N+](=O)[O-])c23)c2c(=O)c3ccccc3[nH]c12. The number of aromatic nitrogens is 2. The van der Waals surface area contributed by atoms with Crippen LogP contribution >= 0.6 is 0 Å². The highest BCUT2D eigenvalue weighted by atomic mass is 16.6. The molecule has 6 rings (SSSR count). The molecule has 0 spiro atoms. The summed E-state index contributed by atoms with van der Waals surface area (Å²) in [6.07, 6.45) is 1.78. The number of rotatable bonds is 11. The van der Waals surface area contributed by atoms with Crippen LogP contribution in [0.5, 0.6) is 0 Å². The van der Waals surface area contributed by atoms with Crippen molar-refractivity contribution < 1.29 is 4.92 Å². The van der Waals surface area contributed by atoms with Gasteiger partial charge in [0.1, 0.15) is 5.39 Å².